The van der Waals surface area contributed by atoms with E-state index in [-0.39, 0.29) is 5.75 Å². The van der Waals surface area contributed by atoms with Gasteiger partial charge in [-0.15, -0.1) is 5.10 Å². The SMILES string of the molecule is CCNCc1cn(-c2ccc(OCC)c(F)c2)nn1. The molecule has 0 amide bonds. The van der Waals surface area contributed by atoms with Crippen molar-refractivity contribution in [3.05, 3.63) is 35.9 Å². The van der Waals surface area contributed by atoms with Gasteiger partial charge in [0.05, 0.1) is 24.2 Å². The molecule has 2 aromatic rings. The lowest BCUT2D eigenvalue weighted by molar-refractivity contribution is 0.321. The van der Waals surface area contributed by atoms with Crippen LogP contribution in [0.1, 0.15) is 19.5 Å². The van der Waals surface area contributed by atoms with E-state index in [4.69, 9.17) is 4.74 Å². The van der Waals surface area contributed by atoms with Gasteiger partial charge in [0, 0.05) is 12.6 Å². The molecule has 0 aliphatic carbocycles. The summed E-state index contributed by atoms with van der Waals surface area (Å²) in [4.78, 5) is 0. The molecule has 0 unspecified atom stereocenters. The molecule has 1 aromatic heterocycles. The van der Waals surface area contributed by atoms with Gasteiger partial charge in [-0.3, -0.25) is 0 Å². The van der Waals surface area contributed by atoms with Crippen LogP contribution in [0, 0.1) is 5.82 Å². The highest BCUT2D eigenvalue weighted by atomic mass is 19.1. The number of nitrogens with zero attached hydrogens (tertiary/aromatic N) is 3. The lowest BCUT2D eigenvalue weighted by Crippen LogP contribution is -2.11. The van der Waals surface area contributed by atoms with E-state index in [1.54, 1.807) is 23.0 Å². The van der Waals surface area contributed by atoms with Crippen LogP contribution in [-0.2, 0) is 6.54 Å². The van der Waals surface area contributed by atoms with Gasteiger partial charge in [-0.25, -0.2) is 9.07 Å². The molecular weight excluding hydrogens is 247 g/mol. The molecule has 0 atom stereocenters. The Morgan fingerprint density at radius 3 is 2.89 bits per heavy atom. The largest absolute Gasteiger partial charge is 0.491 e. The van der Waals surface area contributed by atoms with Crippen LogP contribution in [0.2, 0.25) is 0 Å². The highest BCUT2D eigenvalue weighted by Gasteiger charge is 2.07. The predicted molar refractivity (Wildman–Crippen MR) is 69.9 cm³/mol. The number of halogens is 1. The maximum Gasteiger partial charge on any atom is 0.167 e. The van der Waals surface area contributed by atoms with Crippen LogP contribution in [0.3, 0.4) is 0 Å². The summed E-state index contributed by atoms with van der Waals surface area (Å²) in [6.07, 6.45) is 1.78. The molecule has 0 saturated heterocycles. The average Bonchev–Trinajstić information content (AvgIpc) is 2.88. The predicted octanol–water partition coefficient (Wildman–Crippen LogP) is 1.91. The first-order chi connectivity index (χ1) is 9.24. The van der Waals surface area contributed by atoms with E-state index >= 15 is 0 Å². The number of aromatic nitrogens is 3. The molecule has 102 valence electrons. The standard InChI is InChI=1S/C13H17FN4O/c1-3-15-8-10-9-18(17-16-10)11-5-6-13(19-4-2)12(14)7-11/h5-7,9,15H,3-4,8H2,1-2H3. The Bertz CT molecular complexity index is 541. The summed E-state index contributed by atoms with van der Waals surface area (Å²) < 4.78 is 20.4. The lowest BCUT2D eigenvalue weighted by Gasteiger charge is -2.06. The molecule has 0 aliphatic rings. The maximum absolute atomic E-state index is 13.7. The molecule has 0 aliphatic heterocycles. The quantitative estimate of drug-likeness (QED) is 0.866. The summed E-state index contributed by atoms with van der Waals surface area (Å²) in [5.41, 5.74) is 1.44. The first kappa shape index (κ1) is 13.5. The van der Waals surface area contributed by atoms with Gasteiger partial charge in [-0.1, -0.05) is 12.1 Å². The molecule has 1 aromatic carbocycles. The third-order valence-corrected chi connectivity index (χ3v) is 2.58. The van der Waals surface area contributed by atoms with Crippen LogP contribution in [0.15, 0.2) is 24.4 Å². The van der Waals surface area contributed by atoms with Crippen molar-refractivity contribution in [3.8, 4) is 11.4 Å². The Morgan fingerprint density at radius 2 is 2.21 bits per heavy atom. The molecule has 0 radical (unpaired) electrons. The number of hydrogen-bond acceptors (Lipinski definition) is 4. The minimum Gasteiger partial charge on any atom is -0.491 e. The second-order valence-electron chi connectivity index (χ2n) is 3.98. The van der Waals surface area contributed by atoms with E-state index in [9.17, 15) is 4.39 Å². The van der Waals surface area contributed by atoms with Crippen molar-refractivity contribution in [1.29, 1.82) is 0 Å². The maximum atomic E-state index is 13.7. The molecular formula is C13H17FN4O. The fraction of sp³-hybridized carbons (Fsp3) is 0.385. The third-order valence-electron chi connectivity index (χ3n) is 2.58. The zero-order valence-electron chi connectivity index (χ0n) is 11.1. The summed E-state index contributed by atoms with van der Waals surface area (Å²) in [7, 11) is 0. The minimum absolute atomic E-state index is 0.249. The summed E-state index contributed by atoms with van der Waals surface area (Å²) in [6, 6.07) is 4.73. The van der Waals surface area contributed by atoms with Gasteiger partial charge >= 0.3 is 0 Å². The smallest absolute Gasteiger partial charge is 0.167 e. The zero-order chi connectivity index (χ0) is 13.7. The van der Waals surface area contributed by atoms with Crippen LogP contribution in [-0.4, -0.2) is 28.1 Å². The van der Waals surface area contributed by atoms with Gasteiger partial charge in [-0.2, -0.15) is 0 Å². The summed E-state index contributed by atoms with van der Waals surface area (Å²) >= 11 is 0. The van der Waals surface area contributed by atoms with Gasteiger partial charge in [0.2, 0.25) is 0 Å². The van der Waals surface area contributed by atoms with Crippen molar-refractivity contribution < 1.29 is 9.13 Å². The van der Waals surface area contributed by atoms with E-state index in [1.165, 1.54) is 6.07 Å². The number of rotatable bonds is 6. The molecule has 5 nitrogen and oxygen atoms in total. The Morgan fingerprint density at radius 1 is 1.37 bits per heavy atom. The topological polar surface area (TPSA) is 52.0 Å². The van der Waals surface area contributed by atoms with E-state index in [0.717, 1.165) is 12.2 Å². The second kappa shape index (κ2) is 6.29. The normalized spacial score (nSPS) is 10.7. The van der Waals surface area contributed by atoms with Gasteiger partial charge in [0.25, 0.3) is 0 Å². The number of benzene rings is 1. The van der Waals surface area contributed by atoms with Crippen LogP contribution in [0.4, 0.5) is 4.39 Å². The third kappa shape index (κ3) is 3.29. The molecule has 1 N–H and O–H groups in total. The highest BCUT2D eigenvalue weighted by molar-refractivity contribution is 5.38. The summed E-state index contributed by atoms with van der Waals surface area (Å²) in [6.45, 7) is 5.79. The Balaban J connectivity index is 2.17. The van der Waals surface area contributed by atoms with Crippen molar-refractivity contribution >= 4 is 0 Å². The van der Waals surface area contributed by atoms with E-state index in [1.807, 2.05) is 13.8 Å². The molecule has 19 heavy (non-hydrogen) atoms. The molecule has 0 bridgehead atoms. The first-order valence-electron chi connectivity index (χ1n) is 6.29. The van der Waals surface area contributed by atoms with Gasteiger partial charge in [-0.05, 0) is 25.6 Å². The van der Waals surface area contributed by atoms with Crippen molar-refractivity contribution in [2.24, 2.45) is 0 Å². The minimum atomic E-state index is -0.400. The van der Waals surface area contributed by atoms with Crippen molar-refractivity contribution in [3.63, 3.8) is 0 Å². The van der Waals surface area contributed by atoms with Crippen molar-refractivity contribution in [2.75, 3.05) is 13.2 Å². The van der Waals surface area contributed by atoms with Gasteiger partial charge in [0.1, 0.15) is 0 Å². The van der Waals surface area contributed by atoms with Crippen LogP contribution < -0.4 is 10.1 Å². The summed E-state index contributed by atoms with van der Waals surface area (Å²) in [5, 5.41) is 11.1. The van der Waals surface area contributed by atoms with Gasteiger partial charge < -0.3 is 10.1 Å². The highest BCUT2D eigenvalue weighted by Crippen LogP contribution is 2.20. The monoisotopic (exact) mass is 264 g/mol. The Kier molecular flexibility index (Phi) is 4.46. The molecule has 0 fully saturated rings. The average molecular weight is 264 g/mol. The van der Waals surface area contributed by atoms with E-state index in [2.05, 4.69) is 15.6 Å². The first-order valence-corrected chi connectivity index (χ1v) is 6.29. The van der Waals surface area contributed by atoms with Crippen LogP contribution in [0.25, 0.3) is 5.69 Å². The van der Waals surface area contributed by atoms with Crippen molar-refractivity contribution in [1.82, 2.24) is 20.3 Å². The lowest BCUT2D eigenvalue weighted by atomic mass is 10.3. The van der Waals surface area contributed by atoms with Crippen LogP contribution >= 0.6 is 0 Å². The molecule has 1 heterocycles. The summed E-state index contributed by atoms with van der Waals surface area (Å²) in [5.74, 6) is -0.151. The molecule has 2 rings (SSSR count). The Hall–Kier alpha value is -1.95. The molecule has 6 heteroatoms. The number of ether oxygens (including phenoxy) is 1. The molecule has 0 saturated carbocycles. The number of nitrogens with one attached hydrogen (secondary N) is 1. The zero-order valence-corrected chi connectivity index (χ0v) is 11.1. The Labute approximate surface area is 111 Å². The fourth-order valence-corrected chi connectivity index (χ4v) is 1.66. The van der Waals surface area contributed by atoms with E-state index in [0.29, 0.717) is 18.8 Å². The van der Waals surface area contributed by atoms with Crippen LogP contribution in [0.5, 0.6) is 5.75 Å². The van der Waals surface area contributed by atoms with Gasteiger partial charge in [0.15, 0.2) is 11.6 Å². The second-order valence-corrected chi connectivity index (χ2v) is 3.98. The van der Waals surface area contributed by atoms with E-state index < -0.39 is 5.82 Å². The fourth-order valence-electron chi connectivity index (χ4n) is 1.66. The molecule has 0 spiro atoms. The number of hydrogen-bond donors (Lipinski definition) is 1. The van der Waals surface area contributed by atoms with Crippen molar-refractivity contribution in [2.45, 2.75) is 20.4 Å².